The highest BCUT2D eigenvalue weighted by Gasteiger charge is 2.26. The van der Waals surface area contributed by atoms with Crippen molar-refractivity contribution in [2.24, 2.45) is 11.8 Å². The van der Waals surface area contributed by atoms with Gasteiger partial charge in [-0.1, -0.05) is 38.0 Å². The summed E-state index contributed by atoms with van der Waals surface area (Å²) >= 11 is 0. The average molecular weight is 261 g/mol. The van der Waals surface area contributed by atoms with Crippen molar-refractivity contribution >= 4 is 5.91 Å². The van der Waals surface area contributed by atoms with Crippen LogP contribution in [0, 0.1) is 11.8 Å². The van der Waals surface area contributed by atoms with Crippen LogP contribution in [0.5, 0.6) is 5.75 Å². The van der Waals surface area contributed by atoms with E-state index >= 15 is 0 Å². The third-order valence-electron chi connectivity index (χ3n) is 4.21. The predicted octanol–water partition coefficient (Wildman–Crippen LogP) is 2.88. The molecule has 1 amide bonds. The Hall–Kier alpha value is -1.51. The van der Waals surface area contributed by atoms with Crippen molar-refractivity contribution in [3.63, 3.8) is 0 Å². The maximum Gasteiger partial charge on any atom is 0.223 e. The molecule has 1 fully saturated rings. The number of phenolic OH excluding ortho intramolecular Hbond substituents is 1. The number of hydrogen-bond acceptors (Lipinski definition) is 2. The molecule has 0 spiro atoms. The molecule has 1 aromatic rings. The summed E-state index contributed by atoms with van der Waals surface area (Å²) in [5.41, 5.74) is 0.885. The van der Waals surface area contributed by atoms with Gasteiger partial charge in [-0.2, -0.15) is 0 Å². The lowest BCUT2D eigenvalue weighted by molar-refractivity contribution is -0.125. The van der Waals surface area contributed by atoms with Gasteiger partial charge in [0, 0.05) is 12.5 Å². The van der Waals surface area contributed by atoms with Crippen molar-refractivity contribution in [2.45, 2.75) is 39.0 Å². The molecule has 0 aliphatic heterocycles. The van der Waals surface area contributed by atoms with Crippen molar-refractivity contribution in [3.05, 3.63) is 29.8 Å². The van der Waals surface area contributed by atoms with Crippen molar-refractivity contribution in [3.8, 4) is 5.75 Å². The van der Waals surface area contributed by atoms with Gasteiger partial charge in [0.05, 0.1) is 0 Å². The largest absolute Gasteiger partial charge is 0.508 e. The zero-order chi connectivity index (χ0) is 13.7. The highest BCUT2D eigenvalue weighted by atomic mass is 16.3. The quantitative estimate of drug-likeness (QED) is 0.856. The van der Waals surface area contributed by atoms with Crippen LogP contribution in [0.15, 0.2) is 24.3 Å². The molecule has 2 rings (SSSR count). The number of rotatable bonds is 5. The van der Waals surface area contributed by atoms with Gasteiger partial charge in [0.1, 0.15) is 5.75 Å². The van der Waals surface area contributed by atoms with Gasteiger partial charge in [-0.05, 0) is 36.8 Å². The fourth-order valence-electron chi connectivity index (χ4n) is 2.88. The van der Waals surface area contributed by atoms with E-state index in [-0.39, 0.29) is 11.8 Å². The monoisotopic (exact) mass is 261 g/mol. The third kappa shape index (κ3) is 3.72. The van der Waals surface area contributed by atoms with Crippen LogP contribution >= 0.6 is 0 Å². The van der Waals surface area contributed by atoms with Crippen molar-refractivity contribution in [2.75, 3.05) is 6.54 Å². The van der Waals surface area contributed by atoms with Crippen LogP contribution < -0.4 is 5.32 Å². The van der Waals surface area contributed by atoms with E-state index in [1.165, 1.54) is 25.7 Å². The van der Waals surface area contributed by atoms with E-state index in [2.05, 4.69) is 5.32 Å². The molecule has 1 aliphatic rings. The molecule has 0 radical (unpaired) electrons. The van der Waals surface area contributed by atoms with E-state index in [0.717, 1.165) is 5.56 Å². The standard InChI is InChI=1S/C16H23NO2/c1-12(13-6-2-3-7-13)16(19)17-11-10-14-8-4-5-9-15(14)18/h4-5,8-9,12-13,18H,2-3,6-7,10-11H2,1H3,(H,17,19). The van der Waals surface area contributed by atoms with Crippen molar-refractivity contribution in [1.29, 1.82) is 0 Å². The topological polar surface area (TPSA) is 49.3 Å². The average Bonchev–Trinajstić information content (AvgIpc) is 2.94. The van der Waals surface area contributed by atoms with Gasteiger partial charge in [0.15, 0.2) is 0 Å². The number of carbonyl (C=O) groups excluding carboxylic acids is 1. The van der Waals surface area contributed by atoms with Crippen molar-refractivity contribution < 1.29 is 9.90 Å². The summed E-state index contributed by atoms with van der Waals surface area (Å²) in [7, 11) is 0. The minimum Gasteiger partial charge on any atom is -0.508 e. The molecule has 0 saturated heterocycles. The Morgan fingerprint density at radius 1 is 1.37 bits per heavy atom. The van der Waals surface area contributed by atoms with Gasteiger partial charge in [-0.25, -0.2) is 0 Å². The Balaban J connectivity index is 1.76. The van der Waals surface area contributed by atoms with Gasteiger partial charge in [-0.15, -0.1) is 0 Å². The summed E-state index contributed by atoms with van der Waals surface area (Å²) in [4.78, 5) is 12.0. The number of amides is 1. The van der Waals surface area contributed by atoms with Gasteiger partial charge < -0.3 is 10.4 Å². The molecular formula is C16H23NO2. The fourth-order valence-corrected chi connectivity index (χ4v) is 2.88. The van der Waals surface area contributed by atoms with E-state index in [1.54, 1.807) is 12.1 Å². The van der Waals surface area contributed by atoms with E-state index in [4.69, 9.17) is 0 Å². The Morgan fingerprint density at radius 2 is 2.05 bits per heavy atom. The Morgan fingerprint density at radius 3 is 2.74 bits per heavy atom. The van der Waals surface area contributed by atoms with Crippen LogP contribution in [0.1, 0.15) is 38.2 Å². The lowest BCUT2D eigenvalue weighted by atomic mass is 9.92. The van der Waals surface area contributed by atoms with Gasteiger partial charge in [-0.3, -0.25) is 4.79 Å². The maximum absolute atomic E-state index is 12.0. The van der Waals surface area contributed by atoms with Gasteiger partial charge in [0.25, 0.3) is 0 Å². The number of phenols is 1. The van der Waals surface area contributed by atoms with Gasteiger partial charge >= 0.3 is 0 Å². The molecule has 1 aliphatic carbocycles. The van der Waals surface area contributed by atoms with E-state index in [0.29, 0.717) is 24.6 Å². The third-order valence-corrected chi connectivity index (χ3v) is 4.21. The predicted molar refractivity (Wildman–Crippen MR) is 75.9 cm³/mol. The van der Waals surface area contributed by atoms with E-state index in [9.17, 15) is 9.90 Å². The summed E-state index contributed by atoms with van der Waals surface area (Å²) < 4.78 is 0. The zero-order valence-corrected chi connectivity index (χ0v) is 11.6. The van der Waals surface area contributed by atoms with Crippen LogP contribution in [0.25, 0.3) is 0 Å². The molecule has 1 aromatic carbocycles. The summed E-state index contributed by atoms with van der Waals surface area (Å²) in [6.07, 6.45) is 5.58. The normalized spacial score (nSPS) is 17.3. The summed E-state index contributed by atoms with van der Waals surface area (Å²) in [6.45, 7) is 2.62. The van der Waals surface area contributed by atoms with Gasteiger partial charge in [0.2, 0.25) is 5.91 Å². The maximum atomic E-state index is 12.0. The second-order valence-corrected chi connectivity index (χ2v) is 5.50. The Kier molecular flexibility index (Phi) is 4.83. The molecule has 1 atom stereocenters. The van der Waals surface area contributed by atoms with Crippen LogP contribution in [0.4, 0.5) is 0 Å². The zero-order valence-electron chi connectivity index (χ0n) is 11.6. The second kappa shape index (κ2) is 6.60. The first-order valence-corrected chi connectivity index (χ1v) is 7.23. The van der Waals surface area contributed by atoms with Crippen LogP contribution in [0.2, 0.25) is 0 Å². The minimum absolute atomic E-state index is 0.117. The van der Waals surface area contributed by atoms with Crippen molar-refractivity contribution in [1.82, 2.24) is 5.32 Å². The lowest BCUT2D eigenvalue weighted by Gasteiger charge is -2.18. The molecule has 2 N–H and O–H groups in total. The number of carbonyl (C=O) groups is 1. The second-order valence-electron chi connectivity index (χ2n) is 5.50. The van der Waals surface area contributed by atoms with Crippen LogP contribution in [-0.4, -0.2) is 17.6 Å². The fraction of sp³-hybridized carbons (Fsp3) is 0.562. The number of aromatic hydroxyl groups is 1. The lowest BCUT2D eigenvalue weighted by Crippen LogP contribution is -2.33. The summed E-state index contributed by atoms with van der Waals surface area (Å²) in [6, 6.07) is 7.28. The summed E-state index contributed by atoms with van der Waals surface area (Å²) in [5.74, 6) is 1.14. The molecule has 3 heteroatoms. The minimum atomic E-state index is 0.117. The van der Waals surface area contributed by atoms with E-state index < -0.39 is 0 Å². The summed E-state index contributed by atoms with van der Waals surface area (Å²) in [5, 5.41) is 12.6. The number of nitrogens with one attached hydrogen (secondary N) is 1. The van der Waals surface area contributed by atoms with Crippen LogP contribution in [0.3, 0.4) is 0 Å². The Bertz CT molecular complexity index is 425. The molecule has 0 bridgehead atoms. The molecule has 1 unspecified atom stereocenters. The molecule has 104 valence electrons. The highest BCUT2D eigenvalue weighted by Crippen LogP contribution is 2.31. The molecule has 19 heavy (non-hydrogen) atoms. The Labute approximate surface area is 115 Å². The number of benzene rings is 1. The molecule has 0 aromatic heterocycles. The van der Waals surface area contributed by atoms with E-state index in [1.807, 2.05) is 19.1 Å². The highest BCUT2D eigenvalue weighted by molar-refractivity contribution is 5.78. The molecule has 1 saturated carbocycles. The first kappa shape index (κ1) is 13.9. The molecule has 0 heterocycles. The number of hydrogen-bond donors (Lipinski definition) is 2. The first-order chi connectivity index (χ1) is 9.18. The molecule has 3 nitrogen and oxygen atoms in total. The number of para-hydroxylation sites is 1. The SMILES string of the molecule is CC(C(=O)NCCc1ccccc1O)C1CCCC1. The first-order valence-electron chi connectivity index (χ1n) is 7.23. The molecular weight excluding hydrogens is 238 g/mol. The van der Waals surface area contributed by atoms with Crippen LogP contribution in [-0.2, 0) is 11.2 Å². The smallest absolute Gasteiger partial charge is 0.223 e.